The second-order valence-corrected chi connectivity index (χ2v) is 8.46. The summed E-state index contributed by atoms with van der Waals surface area (Å²) in [4.78, 5) is 19.6. The molecule has 0 atom stereocenters. The Labute approximate surface area is 178 Å². The van der Waals surface area contributed by atoms with E-state index in [4.69, 9.17) is 14.1 Å². The zero-order valence-electron chi connectivity index (χ0n) is 16.8. The molecule has 1 aliphatic heterocycles. The highest BCUT2D eigenvalue weighted by Crippen LogP contribution is 2.31. The molecule has 0 unspecified atom stereocenters. The first kappa shape index (κ1) is 19.1. The van der Waals surface area contributed by atoms with Gasteiger partial charge in [0.25, 0.3) is 0 Å². The van der Waals surface area contributed by atoms with Crippen LogP contribution < -0.4 is 10.2 Å². The number of anilines is 2. The van der Waals surface area contributed by atoms with Crippen LogP contribution >= 0.6 is 11.3 Å². The fourth-order valence-corrected chi connectivity index (χ4v) is 4.80. The van der Waals surface area contributed by atoms with Crippen LogP contribution in [0.5, 0.6) is 0 Å². The summed E-state index contributed by atoms with van der Waals surface area (Å²) >= 11 is 1.65. The molecule has 1 amide bonds. The van der Waals surface area contributed by atoms with E-state index in [0.717, 1.165) is 70.3 Å². The number of nitrogens with zero attached hydrogens (tertiary/aromatic N) is 2. The molecule has 0 spiro atoms. The third-order valence-corrected chi connectivity index (χ3v) is 6.50. The van der Waals surface area contributed by atoms with Gasteiger partial charge in [-0.3, -0.25) is 4.79 Å². The number of benzene rings is 2. The minimum atomic E-state index is -0.0606. The topological polar surface area (TPSA) is 67.6 Å². The number of furan rings is 1. The van der Waals surface area contributed by atoms with Crippen molar-refractivity contribution in [3.63, 3.8) is 0 Å². The lowest BCUT2D eigenvalue weighted by Gasteiger charge is -2.25. The van der Waals surface area contributed by atoms with E-state index in [0.29, 0.717) is 0 Å². The van der Waals surface area contributed by atoms with Crippen molar-refractivity contribution in [2.24, 2.45) is 0 Å². The van der Waals surface area contributed by atoms with Gasteiger partial charge in [-0.2, -0.15) is 0 Å². The Morgan fingerprint density at radius 3 is 2.90 bits per heavy atom. The first-order valence-corrected chi connectivity index (χ1v) is 11.0. The highest BCUT2D eigenvalue weighted by molar-refractivity contribution is 7.22. The molecule has 6 nitrogen and oxygen atoms in total. The molecule has 1 fully saturated rings. The summed E-state index contributed by atoms with van der Waals surface area (Å²) in [5, 5.41) is 5.02. The standard InChI is InChI=1S/C23H23N3O3S/c1-2-15-3-5-18-16(14-29-20(18)11-15)12-22(27)24-17-4-6-19-21(13-17)30-23(25-19)26-7-9-28-10-8-26/h3-6,11,13-14H,2,7-10,12H2,1H3,(H,24,27). The Bertz CT molecular complexity index is 1210. The molecule has 1 saturated heterocycles. The Hall–Kier alpha value is -2.90. The fourth-order valence-electron chi connectivity index (χ4n) is 3.74. The van der Waals surface area contributed by atoms with Gasteiger partial charge in [0.1, 0.15) is 5.58 Å². The van der Waals surface area contributed by atoms with E-state index in [1.54, 1.807) is 17.6 Å². The van der Waals surface area contributed by atoms with Crippen molar-refractivity contribution in [2.45, 2.75) is 19.8 Å². The van der Waals surface area contributed by atoms with Gasteiger partial charge in [0.15, 0.2) is 5.13 Å². The van der Waals surface area contributed by atoms with E-state index < -0.39 is 0 Å². The van der Waals surface area contributed by atoms with E-state index in [-0.39, 0.29) is 12.3 Å². The van der Waals surface area contributed by atoms with Gasteiger partial charge in [-0.05, 0) is 36.2 Å². The highest BCUT2D eigenvalue weighted by atomic mass is 32.1. The number of aromatic nitrogens is 1. The lowest BCUT2D eigenvalue weighted by molar-refractivity contribution is -0.115. The average Bonchev–Trinajstić information content (AvgIpc) is 3.37. The largest absolute Gasteiger partial charge is 0.464 e. The second kappa shape index (κ2) is 8.08. The van der Waals surface area contributed by atoms with Crippen LogP contribution in [-0.2, 0) is 22.4 Å². The number of aryl methyl sites for hydroxylation is 1. The van der Waals surface area contributed by atoms with Gasteiger partial charge in [-0.25, -0.2) is 4.98 Å². The van der Waals surface area contributed by atoms with Crippen molar-refractivity contribution in [3.8, 4) is 0 Å². The third kappa shape index (κ3) is 3.78. The van der Waals surface area contributed by atoms with Crippen LogP contribution in [0.15, 0.2) is 47.1 Å². The summed E-state index contributed by atoms with van der Waals surface area (Å²) in [7, 11) is 0. The van der Waals surface area contributed by atoms with Crippen molar-refractivity contribution < 1.29 is 13.9 Å². The van der Waals surface area contributed by atoms with Crippen LogP contribution in [0.2, 0.25) is 0 Å². The van der Waals surface area contributed by atoms with Crippen molar-refractivity contribution in [3.05, 3.63) is 53.8 Å². The van der Waals surface area contributed by atoms with E-state index in [1.807, 2.05) is 30.3 Å². The number of morpholine rings is 1. The summed E-state index contributed by atoms with van der Waals surface area (Å²) in [5.74, 6) is -0.0606. The van der Waals surface area contributed by atoms with Crippen LogP contribution in [0.25, 0.3) is 21.2 Å². The van der Waals surface area contributed by atoms with E-state index in [9.17, 15) is 4.79 Å². The zero-order valence-corrected chi connectivity index (χ0v) is 17.6. The summed E-state index contributed by atoms with van der Waals surface area (Å²) < 4.78 is 12.1. The highest BCUT2D eigenvalue weighted by Gasteiger charge is 2.16. The fraction of sp³-hybridized carbons (Fsp3) is 0.304. The number of hydrogen-bond donors (Lipinski definition) is 1. The maximum absolute atomic E-state index is 12.6. The monoisotopic (exact) mass is 421 g/mol. The molecule has 7 heteroatoms. The molecule has 0 aliphatic carbocycles. The summed E-state index contributed by atoms with van der Waals surface area (Å²) in [6, 6.07) is 12.0. The van der Waals surface area contributed by atoms with Gasteiger partial charge in [-0.15, -0.1) is 0 Å². The van der Waals surface area contributed by atoms with Gasteiger partial charge >= 0.3 is 0 Å². The van der Waals surface area contributed by atoms with E-state index >= 15 is 0 Å². The van der Waals surface area contributed by atoms with E-state index in [1.165, 1.54) is 5.56 Å². The number of nitrogens with one attached hydrogen (secondary N) is 1. The van der Waals surface area contributed by atoms with Crippen molar-refractivity contribution in [2.75, 3.05) is 36.5 Å². The minimum absolute atomic E-state index is 0.0606. The molecule has 4 aromatic rings. The molecule has 0 bridgehead atoms. The van der Waals surface area contributed by atoms with Crippen LogP contribution in [0, 0.1) is 0 Å². The molecule has 5 rings (SSSR count). The van der Waals surface area contributed by atoms with Crippen molar-refractivity contribution >= 4 is 49.2 Å². The van der Waals surface area contributed by atoms with Gasteiger partial charge in [0.2, 0.25) is 5.91 Å². The number of hydrogen-bond acceptors (Lipinski definition) is 6. The molecule has 1 N–H and O–H groups in total. The number of carbonyl (C=O) groups is 1. The van der Waals surface area contributed by atoms with Crippen molar-refractivity contribution in [1.29, 1.82) is 0 Å². The predicted molar refractivity (Wildman–Crippen MR) is 121 cm³/mol. The third-order valence-electron chi connectivity index (χ3n) is 5.42. The smallest absolute Gasteiger partial charge is 0.228 e. The van der Waals surface area contributed by atoms with Gasteiger partial charge in [0.05, 0.1) is 36.1 Å². The zero-order chi connectivity index (χ0) is 20.5. The molecule has 0 saturated carbocycles. The van der Waals surface area contributed by atoms with Gasteiger partial charge < -0.3 is 19.4 Å². The Balaban J connectivity index is 1.30. The predicted octanol–water partition coefficient (Wildman–Crippen LogP) is 4.62. The van der Waals surface area contributed by atoms with Crippen LogP contribution in [0.3, 0.4) is 0 Å². The van der Waals surface area contributed by atoms with Crippen LogP contribution in [0.1, 0.15) is 18.1 Å². The molecular formula is C23H23N3O3S. The molecule has 30 heavy (non-hydrogen) atoms. The summed E-state index contributed by atoms with van der Waals surface area (Å²) in [6.07, 6.45) is 2.92. The first-order chi connectivity index (χ1) is 14.7. The summed E-state index contributed by atoms with van der Waals surface area (Å²) in [6.45, 7) is 5.31. The van der Waals surface area contributed by atoms with Crippen molar-refractivity contribution in [1.82, 2.24) is 4.98 Å². The Morgan fingerprint density at radius 2 is 2.07 bits per heavy atom. The normalized spacial score (nSPS) is 14.5. The second-order valence-electron chi connectivity index (χ2n) is 7.45. The molecule has 0 radical (unpaired) electrons. The molecular weight excluding hydrogens is 398 g/mol. The maximum atomic E-state index is 12.6. The SMILES string of the molecule is CCc1ccc2c(CC(=O)Nc3ccc4nc(N5CCOCC5)sc4c3)coc2c1. The number of carbonyl (C=O) groups excluding carboxylic acids is 1. The molecule has 2 aromatic carbocycles. The number of fused-ring (bicyclic) bond motifs is 2. The number of thiazole rings is 1. The Kier molecular flexibility index (Phi) is 5.14. The average molecular weight is 422 g/mol. The number of rotatable bonds is 5. The van der Waals surface area contributed by atoms with Gasteiger partial charge in [0, 0.05) is 29.7 Å². The molecule has 3 heterocycles. The molecule has 154 valence electrons. The Morgan fingerprint density at radius 1 is 1.20 bits per heavy atom. The lowest BCUT2D eigenvalue weighted by Crippen LogP contribution is -2.36. The maximum Gasteiger partial charge on any atom is 0.228 e. The van der Waals surface area contributed by atoms with Crippen LogP contribution in [0.4, 0.5) is 10.8 Å². The lowest BCUT2D eigenvalue weighted by atomic mass is 10.1. The summed E-state index contributed by atoms with van der Waals surface area (Å²) in [5.41, 5.74) is 4.69. The quantitative estimate of drug-likeness (QED) is 0.509. The minimum Gasteiger partial charge on any atom is -0.464 e. The number of amides is 1. The number of ether oxygens (including phenoxy) is 1. The van der Waals surface area contributed by atoms with Gasteiger partial charge in [-0.1, -0.05) is 30.4 Å². The van der Waals surface area contributed by atoms with E-state index in [2.05, 4.69) is 23.2 Å². The molecule has 2 aromatic heterocycles. The first-order valence-electron chi connectivity index (χ1n) is 10.2. The van der Waals surface area contributed by atoms with Crippen LogP contribution in [-0.4, -0.2) is 37.2 Å². The molecule has 1 aliphatic rings.